The number of halogens is 1. The molecule has 1 amide bonds. The fraction of sp³-hybridized carbons (Fsp3) is 0.125. The second-order valence-corrected chi connectivity index (χ2v) is 5.43. The van der Waals surface area contributed by atoms with Crippen LogP contribution in [0.25, 0.3) is 0 Å². The van der Waals surface area contributed by atoms with Crippen molar-refractivity contribution in [2.24, 2.45) is 5.73 Å². The van der Waals surface area contributed by atoms with E-state index in [1.807, 2.05) is 0 Å². The minimum absolute atomic E-state index is 0.279. The van der Waals surface area contributed by atoms with E-state index in [1.165, 1.54) is 14.2 Å². The molecule has 0 saturated carbocycles. The summed E-state index contributed by atoms with van der Waals surface area (Å²) >= 11 is 10.9. The Kier molecular flexibility index (Phi) is 5.41. The first-order valence-electron chi connectivity index (χ1n) is 6.59. The first-order chi connectivity index (χ1) is 11.0. The van der Waals surface area contributed by atoms with E-state index < -0.39 is 0 Å². The van der Waals surface area contributed by atoms with Gasteiger partial charge in [-0.2, -0.15) is 0 Å². The number of hydrogen-bond donors (Lipinski definition) is 2. The van der Waals surface area contributed by atoms with Crippen molar-refractivity contribution in [2.45, 2.75) is 0 Å². The van der Waals surface area contributed by atoms with Gasteiger partial charge in [0.15, 0.2) is 0 Å². The molecule has 23 heavy (non-hydrogen) atoms. The molecule has 0 aliphatic carbocycles. The van der Waals surface area contributed by atoms with E-state index >= 15 is 0 Å². The summed E-state index contributed by atoms with van der Waals surface area (Å²) in [6.07, 6.45) is 0. The smallest absolute Gasteiger partial charge is 0.255 e. The summed E-state index contributed by atoms with van der Waals surface area (Å²) in [5, 5.41) is 3.15. The van der Waals surface area contributed by atoms with Gasteiger partial charge in [-0.05, 0) is 12.1 Å². The van der Waals surface area contributed by atoms with Crippen LogP contribution in [0.5, 0.6) is 11.5 Å². The predicted octanol–water partition coefficient (Wildman–Crippen LogP) is 3.24. The SMILES string of the molecule is COc1cc(NC(=O)c2ccc(C(N)=S)cc2)c(OC)cc1Cl. The maximum absolute atomic E-state index is 12.3. The van der Waals surface area contributed by atoms with Gasteiger partial charge in [0.1, 0.15) is 16.5 Å². The van der Waals surface area contributed by atoms with E-state index in [2.05, 4.69) is 5.32 Å². The van der Waals surface area contributed by atoms with Gasteiger partial charge >= 0.3 is 0 Å². The highest BCUT2D eigenvalue weighted by molar-refractivity contribution is 7.80. The first kappa shape index (κ1) is 17.1. The van der Waals surface area contributed by atoms with Crippen LogP contribution in [0.15, 0.2) is 36.4 Å². The molecule has 0 spiro atoms. The molecule has 0 fully saturated rings. The second kappa shape index (κ2) is 7.30. The molecule has 0 saturated heterocycles. The lowest BCUT2D eigenvalue weighted by Gasteiger charge is -2.13. The zero-order chi connectivity index (χ0) is 17.0. The van der Waals surface area contributed by atoms with Crippen LogP contribution >= 0.6 is 23.8 Å². The van der Waals surface area contributed by atoms with Crippen LogP contribution in [0.1, 0.15) is 15.9 Å². The third-order valence-corrected chi connectivity index (χ3v) is 3.68. The Morgan fingerprint density at radius 3 is 2.17 bits per heavy atom. The van der Waals surface area contributed by atoms with Crippen molar-refractivity contribution in [3.63, 3.8) is 0 Å². The van der Waals surface area contributed by atoms with E-state index in [-0.39, 0.29) is 10.9 Å². The lowest BCUT2D eigenvalue weighted by Crippen LogP contribution is -2.14. The standard InChI is InChI=1S/C16H15ClN2O3S/c1-21-13-8-12(14(22-2)7-11(13)17)19-16(20)10-5-3-9(4-6-10)15(18)23/h3-8H,1-2H3,(H2,18,23)(H,19,20). The first-order valence-corrected chi connectivity index (χ1v) is 7.37. The summed E-state index contributed by atoms with van der Waals surface area (Å²) in [6.45, 7) is 0. The molecule has 3 N–H and O–H groups in total. The van der Waals surface area contributed by atoms with Crippen LogP contribution < -0.4 is 20.5 Å². The van der Waals surface area contributed by atoms with Crippen molar-refractivity contribution in [3.8, 4) is 11.5 Å². The lowest BCUT2D eigenvalue weighted by molar-refractivity contribution is 0.102. The Morgan fingerprint density at radius 1 is 1.09 bits per heavy atom. The molecule has 0 aliphatic heterocycles. The molecule has 5 nitrogen and oxygen atoms in total. The molecule has 2 aromatic rings. The minimum atomic E-state index is -0.304. The minimum Gasteiger partial charge on any atom is -0.495 e. The number of hydrogen-bond acceptors (Lipinski definition) is 4. The van der Waals surface area contributed by atoms with E-state index in [4.69, 9.17) is 39.0 Å². The summed E-state index contributed by atoms with van der Waals surface area (Å²) in [6, 6.07) is 9.84. The van der Waals surface area contributed by atoms with Gasteiger partial charge in [0, 0.05) is 23.3 Å². The molecule has 0 aliphatic rings. The highest BCUT2D eigenvalue weighted by Gasteiger charge is 2.14. The molecule has 7 heteroatoms. The van der Waals surface area contributed by atoms with Gasteiger partial charge in [0.05, 0.1) is 24.9 Å². The number of carbonyl (C=O) groups excluding carboxylic acids is 1. The normalized spacial score (nSPS) is 10.0. The van der Waals surface area contributed by atoms with Crippen LogP contribution in [0.3, 0.4) is 0 Å². The van der Waals surface area contributed by atoms with Crippen LogP contribution in [0.2, 0.25) is 5.02 Å². The molecular formula is C16H15ClN2O3S. The number of carbonyl (C=O) groups is 1. The zero-order valence-corrected chi connectivity index (χ0v) is 14.1. The topological polar surface area (TPSA) is 73.6 Å². The average Bonchev–Trinajstić information content (AvgIpc) is 2.55. The Labute approximate surface area is 144 Å². The third-order valence-electron chi connectivity index (χ3n) is 3.15. The predicted molar refractivity (Wildman–Crippen MR) is 94.8 cm³/mol. The number of methoxy groups -OCH3 is 2. The highest BCUT2D eigenvalue weighted by atomic mass is 35.5. The molecule has 2 aromatic carbocycles. The van der Waals surface area contributed by atoms with E-state index in [0.717, 1.165) is 0 Å². The summed E-state index contributed by atoms with van der Waals surface area (Å²) in [5.74, 6) is 0.567. The van der Waals surface area contributed by atoms with Gasteiger partial charge in [-0.25, -0.2) is 0 Å². The van der Waals surface area contributed by atoms with Gasteiger partial charge in [-0.15, -0.1) is 0 Å². The number of nitrogens with one attached hydrogen (secondary N) is 1. The van der Waals surface area contributed by atoms with Crippen LogP contribution in [0.4, 0.5) is 5.69 Å². The zero-order valence-electron chi connectivity index (χ0n) is 12.6. The summed E-state index contributed by atoms with van der Waals surface area (Å²) in [5.41, 5.74) is 7.15. The Bertz CT molecular complexity index is 748. The molecule has 120 valence electrons. The maximum atomic E-state index is 12.3. The molecule has 0 bridgehead atoms. The van der Waals surface area contributed by atoms with Crippen molar-refractivity contribution < 1.29 is 14.3 Å². The van der Waals surface area contributed by atoms with Crippen molar-refractivity contribution >= 4 is 40.4 Å². The average molecular weight is 351 g/mol. The molecule has 0 unspecified atom stereocenters. The number of benzene rings is 2. The summed E-state index contributed by atoms with van der Waals surface area (Å²) in [4.78, 5) is 12.6. The Hall–Kier alpha value is -2.31. The van der Waals surface area contributed by atoms with Crippen LogP contribution in [-0.2, 0) is 0 Å². The number of thiocarbonyl (C=S) groups is 1. The molecule has 0 heterocycles. The Balaban J connectivity index is 2.27. The van der Waals surface area contributed by atoms with Crippen molar-refractivity contribution in [2.75, 3.05) is 19.5 Å². The molecule has 2 rings (SSSR count). The number of anilines is 1. The molecular weight excluding hydrogens is 336 g/mol. The van der Waals surface area contributed by atoms with Gasteiger partial charge in [-0.3, -0.25) is 4.79 Å². The molecule has 0 radical (unpaired) electrons. The van der Waals surface area contributed by atoms with Gasteiger partial charge in [0.25, 0.3) is 5.91 Å². The Morgan fingerprint density at radius 2 is 1.65 bits per heavy atom. The summed E-state index contributed by atoms with van der Waals surface area (Å²) < 4.78 is 10.4. The lowest BCUT2D eigenvalue weighted by atomic mass is 10.1. The van der Waals surface area contributed by atoms with Crippen molar-refractivity contribution in [1.82, 2.24) is 0 Å². The second-order valence-electron chi connectivity index (χ2n) is 4.58. The largest absolute Gasteiger partial charge is 0.495 e. The monoisotopic (exact) mass is 350 g/mol. The van der Waals surface area contributed by atoms with E-state index in [9.17, 15) is 4.79 Å². The van der Waals surface area contributed by atoms with Crippen molar-refractivity contribution in [3.05, 3.63) is 52.5 Å². The van der Waals surface area contributed by atoms with Crippen LogP contribution in [-0.4, -0.2) is 25.1 Å². The molecule has 0 aromatic heterocycles. The van der Waals surface area contributed by atoms with E-state index in [0.29, 0.717) is 33.3 Å². The van der Waals surface area contributed by atoms with Gasteiger partial charge in [0.2, 0.25) is 0 Å². The number of ether oxygens (including phenoxy) is 2. The number of nitrogens with two attached hydrogens (primary N) is 1. The fourth-order valence-corrected chi connectivity index (χ4v) is 2.31. The fourth-order valence-electron chi connectivity index (χ4n) is 1.94. The maximum Gasteiger partial charge on any atom is 0.255 e. The van der Waals surface area contributed by atoms with Crippen LogP contribution in [0, 0.1) is 0 Å². The van der Waals surface area contributed by atoms with Gasteiger partial charge < -0.3 is 20.5 Å². The van der Waals surface area contributed by atoms with Gasteiger partial charge in [-0.1, -0.05) is 36.0 Å². The van der Waals surface area contributed by atoms with E-state index in [1.54, 1.807) is 36.4 Å². The number of amides is 1. The number of rotatable bonds is 5. The molecule has 0 atom stereocenters. The van der Waals surface area contributed by atoms with Crippen molar-refractivity contribution in [1.29, 1.82) is 0 Å². The quantitative estimate of drug-likeness (QED) is 0.810. The third kappa shape index (κ3) is 3.91. The summed E-state index contributed by atoms with van der Waals surface area (Å²) in [7, 11) is 2.98. The highest BCUT2D eigenvalue weighted by Crippen LogP contribution is 2.36.